The number of methoxy groups -OCH3 is 1. The SMILES string of the molecule is C=CC1=CC[C@@]2(Cl)C(=O)N(C)C(=O)[C@@]2(Cl)[C@H]1C=Cc1ccc(O)c(OC)c1. The summed E-state index contributed by atoms with van der Waals surface area (Å²) >= 11 is 13.4. The van der Waals surface area contributed by atoms with Gasteiger partial charge in [-0.3, -0.25) is 14.5 Å². The molecule has 1 N–H and O–H groups in total. The average Bonchev–Trinajstić information content (AvgIpc) is 2.80. The van der Waals surface area contributed by atoms with Crippen LogP contribution in [0.2, 0.25) is 0 Å². The minimum Gasteiger partial charge on any atom is -0.504 e. The molecular formula is C20H19Cl2NO4. The van der Waals surface area contributed by atoms with Crippen LogP contribution in [0.15, 0.2) is 48.6 Å². The average molecular weight is 408 g/mol. The van der Waals surface area contributed by atoms with E-state index in [0.29, 0.717) is 5.75 Å². The Morgan fingerprint density at radius 3 is 2.67 bits per heavy atom. The molecule has 142 valence electrons. The maximum Gasteiger partial charge on any atom is 0.253 e. The molecule has 0 spiro atoms. The van der Waals surface area contributed by atoms with Crippen LogP contribution in [-0.4, -0.2) is 45.7 Å². The smallest absolute Gasteiger partial charge is 0.253 e. The number of benzene rings is 1. The minimum atomic E-state index is -1.64. The summed E-state index contributed by atoms with van der Waals surface area (Å²) in [6, 6.07) is 4.84. The highest BCUT2D eigenvalue weighted by Crippen LogP contribution is 2.56. The monoisotopic (exact) mass is 407 g/mol. The third-order valence-corrected chi connectivity index (χ3v) is 6.59. The van der Waals surface area contributed by atoms with E-state index < -0.39 is 27.5 Å². The van der Waals surface area contributed by atoms with E-state index in [4.69, 9.17) is 27.9 Å². The van der Waals surface area contributed by atoms with Gasteiger partial charge in [-0.15, -0.1) is 23.2 Å². The van der Waals surface area contributed by atoms with E-state index in [9.17, 15) is 14.7 Å². The first-order valence-corrected chi connectivity index (χ1v) is 9.04. The molecule has 0 bridgehead atoms. The molecule has 2 amide bonds. The van der Waals surface area contributed by atoms with Gasteiger partial charge in [-0.05, 0) is 29.7 Å². The van der Waals surface area contributed by atoms with Crippen molar-refractivity contribution in [1.82, 2.24) is 4.90 Å². The lowest BCUT2D eigenvalue weighted by Crippen LogP contribution is -2.55. The number of halogens is 2. The lowest BCUT2D eigenvalue weighted by molar-refractivity contribution is -0.137. The van der Waals surface area contributed by atoms with Gasteiger partial charge in [0.1, 0.15) is 0 Å². The highest BCUT2D eigenvalue weighted by Gasteiger charge is 2.71. The van der Waals surface area contributed by atoms with Crippen molar-refractivity contribution in [3.8, 4) is 11.5 Å². The van der Waals surface area contributed by atoms with Crippen molar-refractivity contribution in [1.29, 1.82) is 0 Å². The van der Waals surface area contributed by atoms with Gasteiger partial charge in [-0.2, -0.15) is 0 Å². The van der Waals surface area contributed by atoms with Gasteiger partial charge >= 0.3 is 0 Å². The number of hydrogen-bond donors (Lipinski definition) is 1. The van der Waals surface area contributed by atoms with Crippen molar-refractivity contribution < 1.29 is 19.4 Å². The number of phenols is 1. The molecule has 7 heteroatoms. The summed E-state index contributed by atoms with van der Waals surface area (Å²) < 4.78 is 5.11. The normalized spacial score (nSPS) is 30.4. The van der Waals surface area contributed by atoms with Crippen LogP contribution in [0.25, 0.3) is 6.08 Å². The van der Waals surface area contributed by atoms with Crippen LogP contribution < -0.4 is 4.74 Å². The van der Waals surface area contributed by atoms with Gasteiger partial charge in [0.15, 0.2) is 21.2 Å². The molecule has 1 aromatic carbocycles. The van der Waals surface area contributed by atoms with E-state index in [1.807, 2.05) is 0 Å². The number of nitrogens with zero attached hydrogens (tertiary/aromatic N) is 1. The zero-order chi connectivity index (χ0) is 20.0. The topological polar surface area (TPSA) is 66.8 Å². The Morgan fingerprint density at radius 1 is 1.33 bits per heavy atom. The Labute approximate surface area is 167 Å². The molecule has 0 aromatic heterocycles. The molecular weight excluding hydrogens is 389 g/mol. The molecule has 1 aliphatic carbocycles. The third-order valence-electron chi connectivity index (χ3n) is 5.16. The molecule has 27 heavy (non-hydrogen) atoms. The fourth-order valence-electron chi connectivity index (χ4n) is 3.62. The number of allylic oxidation sites excluding steroid dienone is 4. The zero-order valence-electron chi connectivity index (χ0n) is 14.9. The Hall–Kier alpha value is -2.24. The number of carbonyl (C=O) groups is 2. The number of hydrogen-bond acceptors (Lipinski definition) is 4. The van der Waals surface area contributed by atoms with Gasteiger partial charge in [0, 0.05) is 13.0 Å². The first kappa shape index (κ1) is 19.5. The molecule has 1 fully saturated rings. The van der Waals surface area contributed by atoms with Crippen LogP contribution >= 0.6 is 23.2 Å². The predicted molar refractivity (Wildman–Crippen MR) is 105 cm³/mol. The number of phenolic OH excluding ortho intramolecular Hbond substituents is 1. The standard InChI is InChI=1S/C20H19Cl2NO4/c1-4-13-9-10-19(21)17(25)23(2)18(26)20(19,22)14(13)7-5-12-6-8-15(24)16(11-12)27-3/h4-9,11,14,24H,1,10H2,2-3H3/t14-,19+,20-/m0/s1. The molecule has 3 rings (SSSR count). The molecule has 1 heterocycles. The lowest BCUT2D eigenvalue weighted by atomic mass is 9.71. The van der Waals surface area contributed by atoms with E-state index in [1.165, 1.54) is 20.2 Å². The summed E-state index contributed by atoms with van der Waals surface area (Å²) in [4.78, 5) is 23.2. The maximum absolute atomic E-state index is 12.8. The number of amides is 2. The van der Waals surface area contributed by atoms with Crippen LogP contribution in [0.1, 0.15) is 12.0 Å². The van der Waals surface area contributed by atoms with E-state index >= 15 is 0 Å². The summed E-state index contributed by atoms with van der Waals surface area (Å²) in [7, 11) is 2.84. The second-order valence-electron chi connectivity index (χ2n) is 6.56. The minimum absolute atomic E-state index is 0.0192. The van der Waals surface area contributed by atoms with Crippen molar-refractivity contribution in [2.24, 2.45) is 5.92 Å². The van der Waals surface area contributed by atoms with Crippen molar-refractivity contribution in [3.05, 3.63) is 54.1 Å². The van der Waals surface area contributed by atoms with Gasteiger partial charge in [0.05, 0.1) is 7.11 Å². The summed E-state index contributed by atoms with van der Waals surface area (Å²) in [5.41, 5.74) is 1.45. The second-order valence-corrected chi connectivity index (χ2v) is 7.80. The van der Waals surface area contributed by atoms with Crippen molar-refractivity contribution in [2.45, 2.75) is 16.2 Å². The molecule has 3 atom stereocenters. The Balaban J connectivity index is 2.07. The number of rotatable bonds is 4. The highest BCUT2D eigenvalue weighted by atomic mass is 35.5. The summed E-state index contributed by atoms with van der Waals surface area (Å²) in [5.74, 6) is -1.35. The maximum atomic E-state index is 12.8. The molecule has 1 saturated heterocycles. The molecule has 5 nitrogen and oxygen atoms in total. The highest BCUT2D eigenvalue weighted by molar-refractivity contribution is 6.53. The first-order chi connectivity index (χ1) is 12.7. The van der Waals surface area contributed by atoms with E-state index in [0.717, 1.165) is 16.0 Å². The number of aromatic hydroxyl groups is 1. The van der Waals surface area contributed by atoms with Gasteiger partial charge in [-0.25, -0.2) is 0 Å². The molecule has 0 radical (unpaired) electrons. The Kier molecular flexibility index (Phi) is 4.87. The van der Waals surface area contributed by atoms with Crippen molar-refractivity contribution in [2.75, 3.05) is 14.2 Å². The quantitative estimate of drug-likeness (QED) is 0.612. The van der Waals surface area contributed by atoms with Gasteiger partial charge < -0.3 is 9.84 Å². The van der Waals surface area contributed by atoms with Gasteiger partial charge in [0.25, 0.3) is 11.8 Å². The number of imide groups is 1. The second kappa shape index (κ2) is 6.73. The lowest BCUT2D eigenvalue weighted by Gasteiger charge is -2.40. The van der Waals surface area contributed by atoms with Crippen LogP contribution in [0, 0.1) is 5.92 Å². The zero-order valence-corrected chi connectivity index (χ0v) is 16.4. The summed E-state index contributed by atoms with van der Waals surface area (Å²) in [6.07, 6.45) is 7.02. The van der Waals surface area contributed by atoms with Crippen LogP contribution in [0.3, 0.4) is 0 Å². The molecule has 0 saturated carbocycles. The van der Waals surface area contributed by atoms with Crippen molar-refractivity contribution in [3.63, 3.8) is 0 Å². The number of likely N-dealkylation sites (tertiary alicyclic amines) is 1. The van der Waals surface area contributed by atoms with Gasteiger partial charge in [-0.1, -0.05) is 36.9 Å². The van der Waals surface area contributed by atoms with Crippen LogP contribution in [0.4, 0.5) is 0 Å². The van der Waals surface area contributed by atoms with Crippen molar-refractivity contribution >= 4 is 41.1 Å². The third kappa shape index (κ3) is 2.68. The van der Waals surface area contributed by atoms with Crippen LogP contribution in [0.5, 0.6) is 11.5 Å². The number of carbonyl (C=O) groups excluding carboxylic acids is 2. The number of ether oxygens (including phenoxy) is 1. The largest absolute Gasteiger partial charge is 0.504 e. The molecule has 2 aliphatic rings. The molecule has 1 aliphatic heterocycles. The Morgan fingerprint density at radius 2 is 2.04 bits per heavy atom. The number of fused-ring (bicyclic) bond motifs is 1. The van der Waals surface area contributed by atoms with E-state index in [2.05, 4.69) is 6.58 Å². The Bertz CT molecular complexity index is 894. The first-order valence-electron chi connectivity index (χ1n) is 8.28. The van der Waals surface area contributed by atoms with E-state index in [-0.39, 0.29) is 12.2 Å². The summed E-state index contributed by atoms with van der Waals surface area (Å²) in [5, 5.41) is 9.73. The summed E-state index contributed by atoms with van der Waals surface area (Å²) in [6.45, 7) is 3.79. The van der Waals surface area contributed by atoms with Crippen LogP contribution in [-0.2, 0) is 9.59 Å². The fourth-order valence-corrected chi connectivity index (χ4v) is 4.50. The predicted octanol–water partition coefficient (Wildman–Crippen LogP) is 3.50. The molecule has 1 aromatic rings. The number of alkyl halides is 2. The van der Waals surface area contributed by atoms with E-state index in [1.54, 1.807) is 36.4 Å². The molecule has 0 unspecified atom stereocenters. The fraction of sp³-hybridized carbons (Fsp3) is 0.300. The van der Waals surface area contributed by atoms with Gasteiger partial charge in [0.2, 0.25) is 0 Å².